The quantitative estimate of drug-likeness (QED) is 0.0550. The van der Waals surface area contributed by atoms with E-state index in [2.05, 4.69) is 32.7 Å². The lowest BCUT2D eigenvalue weighted by Gasteiger charge is -2.28. The van der Waals surface area contributed by atoms with E-state index in [1.165, 1.54) is 366 Å². The number of nitrogens with zero attached hydrogens (tertiary/aromatic N) is 1. The maximum absolute atomic E-state index is 2.81. The lowest BCUT2D eigenvalue weighted by molar-refractivity contribution is 0.205. The molecule has 63 heavy (non-hydrogen) atoms. The van der Waals surface area contributed by atoms with Crippen LogP contribution in [0.5, 0.6) is 0 Å². The summed E-state index contributed by atoms with van der Waals surface area (Å²) in [4.78, 5) is 2.81. The Balaban J connectivity index is 4.07. The van der Waals surface area contributed by atoms with E-state index >= 15 is 0 Å². The Morgan fingerprint density at radius 3 is 0.508 bits per heavy atom. The summed E-state index contributed by atoms with van der Waals surface area (Å²) in [5.74, 6) is 0. The second-order valence-corrected chi connectivity index (χ2v) is 21.7. The molecule has 0 N–H and O–H groups in total. The molecule has 1 nitrogen and oxygen atoms in total. The van der Waals surface area contributed by atoms with E-state index in [9.17, 15) is 0 Å². The fraction of sp³-hybridized carbons (Fsp3) is 1.00. The number of rotatable bonds is 58. The van der Waals surface area contributed by atoms with Gasteiger partial charge in [0.2, 0.25) is 0 Å². The van der Waals surface area contributed by atoms with Crippen LogP contribution in [0.25, 0.3) is 0 Å². The van der Waals surface area contributed by atoms with Crippen LogP contribution < -0.4 is 0 Å². The molecule has 0 fully saturated rings. The van der Waals surface area contributed by atoms with E-state index < -0.39 is 0 Å². The molecule has 0 saturated carbocycles. The Morgan fingerprint density at radius 1 is 0.190 bits per heavy atom. The zero-order chi connectivity index (χ0) is 45.5. The van der Waals surface area contributed by atoms with Crippen molar-refractivity contribution in [2.24, 2.45) is 0 Å². The molecule has 0 aliphatic heterocycles. The molecule has 0 saturated heterocycles. The van der Waals surface area contributed by atoms with Crippen molar-refractivity contribution in [2.45, 2.75) is 386 Å². The van der Waals surface area contributed by atoms with Crippen LogP contribution in [0.3, 0.4) is 0 Å². The third-order valence-electron chi connectivity index (χ3n) is 15.3. The van der Waals surface area contributed by atoms with Crippen LogP contribution in [-0.4, -0.2) is 24.5 Å². The average molecular weight is 887 g/mol. The molecule has 0 radical (unpaired) electrons. The summed E-state index contributed by atoms with van der Waals surface area (Å²) in [6.07, 6.45) is 82.4. The van der Waals surface area contributed by atoms with E-state index in [4.69, 9.17) is 0 Å². The van der Waals surface area contributed by atoms with Gasteiger partial charge in [0.05, 0.1) is 0 Å². The Bertz CT molecular complexity index is 721. The molecular weight excluding hydrogens is 759 g/mol. The minimum Gasteiger partial charge on any atom is -0.303 e. The molecule has 0 aromatic carbocycles. The van der Waals surface area contributed by atoms with Gasteiger partial charge in [0.15, 0.2) is 0 Å². The third kappa shape index (κ3) is 54.5. The van der Waals surface area contributed by atoms with Crippen molar-refractivity contribution in [3.05, 3.63) is 0 Å². The van der Waals surface area contributed by atoms with Gasteiger partial charge in [-0.15, -0.1) is 0 Å². The SMILES string of the molecule is CCCCCCCCCCCCCCCCCCCCC(CCCCCCCCCCCCCCCCCCCC)N(C)CCCCCCCCCCCCCCCCCCCC. The molecule has 0 atom stereocenters. The fourth-order valence-electron chi connectivity index (χ4n) is 10.6. The smallest absolute Gasteiger partial charge is 0.00922 e. The maximum atomic E-state index is 2.81. The summed E-state index contributed by atoms with van der Waals surface area (Å²) in [7, 11) is 2.49. The van der Waals surface area contributed by atoms with Crippen LogP contribution in [0.4, 0.5) is 0 Å². The highest BCUT2D eigenvalue weighted by atomic mass is 15.1. The number of unbranched alkanes of at least 4 members (excludes halogenated alkanes) is 51. The Hall–Kier alpha value is -0.0400. The Labute approximate surface area is 403 Å². The second kappa shape index (κ2) is 58.1. The molecule has 0 aliphatic rings. The number of hydrogen-bond acceptors (Lipinski definition) is 1. The van der Waals surface area contributed by atoms with Crippen LogP contribution in [-0.2, 0) is 0 Å². The van der Waals surface area contributed by atoms with Crippen LogP contribution in [0.15, 0.2) is 0 Å². The molecule has 0 unspecified atom stereocenters. The molecule has 0 aromatic rings. The predicted molar refractivity (Wildman–Crippen MR) is 292 cm³/mol. The van der Waals surface area contributed by atoms with E-state index in [1.807, 2.05) is 0 Å². The first-order valence-corrected chi connectivity index (χ1v) is 31.0. The fourth-order valence-corrected chi connectivity index (χ4v) is 10.6. The van der Waals surface area contributed by atoms with Crippen molar-refractivity contribution in [3.8, 4) is 0 Å². The van der Waals surface area contributed by atoms with E-state index in [-0.39, 0.29) is 0 Å². The van der Waals surface area contributed by atoms with Gasteiger partial charge >= 0.3 is 0 Å². The van der Waals surface area contributed by atoms with Crippen molar-refractivity contribution < 1.29 is 0 Å². The normalized spacial score (nSPS) is 11.9. The van der Waals surface area contributed by atoms with E-state index in [1.54, 1.807) is 0 Å². The summed E-state index contributed by atoms with van der Waals surface area (Å²) in [6, 6.07) is 0.831. The highest BCUT2D eigenvalue weighted by Crippen LogP contribution is 2.21. The van der Waals surface area contributed by atoms with Gasteiger partial charge in [-0.2, -0.15) is 0 Å². The minimum absolute atomic E-state index is 0.831. The lowest BCUT2D eigenvalue weighted by Crippen LogP contribution is -2.32. The van der Waals surface area contributed by atoms with Gasteiger partial charge in [-0.3, -0.25) is 0 Å². The second-order valence-electron chi connectivity index (χ2n) is 21.7. The van der Waals surface area contributed by atoms with Gasteiger partial charge in [0.25, 0.3) is 0 Å². The molecule has 0 amide bonds. The summed E-state index contributed by atoms with van der Waals surface area (Å²) in [5.41, 5.74) is 0. The van der Waals surface area contributed by atoms with Crippen molar-refractivity contribution in [1.29, 1.82) is 0 Å². The molecule has 380 valence electrons. The summed E-state index contributed by atoms with van der Waals surface area (Å²) < 4.78 is 0. The van der Waals surface area contributed by atoms with Gasteiger partial charge in [-0.1, -0.05) is 361 Å². The molecule has 0 aliphatic carbocycles. The third-order valence-corrected chi connectivity index (χ3v) is 15.3. The summed E-state index contributed by atoms with van der Waals surface area (Å²) in [5, 5.41) is 0. The van der Waals surface area contributed by atoms with Gasteiger partial charge in [-0.05, 0) is 32.9 Å². The van der Waals surface area contributed by atoms with E-state index in [0.29, 0.717) is 0 Å². The summed E-state index contributed by atoms with van der Waals surface area (Å²) in [6.45, 7) is 8.30. The highest BCUT2D eigenvalue weighted by Gasteiger charge is 2.14. The molecule has 0 rings (SSSR count). The van der Waals surface area contributed by atoms with Crippen LogP contribution in [0.2, 0.25) is 0 Å². The first-order valence-electron chi connectivity index (χ1n) is 31.0. The molecule has 0 spiro atoms. The zero-order valence-electron chi connectivity index (χ0n) is 45.3. The molecule has 0 heterocycles. The molecule has 0 aromatic heterocycles. The van der Waals surface area contributed by atoms with Crippen molar-refractivity contribution in [3.63, 3.8) is 0 Å². The molecule has 1 heteroatoms. The molecule has 0 bridgehead atoms. The van der Waals surface area contributed by atoms with Gasteiger partial charge in [0, 0.05) is 6.04 Å². The van der Waals surface area contributed by atoms with Crippen molar-refractivity contribution in [2.75, 3.05) is 13.6 Å². The number of hydrogen-bond donors (Lipinski definition) is 0. The van der Waals surface area contributed by atoms with Crippen LogP contribution in [0.1, 0.15) is 380 Å². The van der Waals surface area contributed by atoms with Crippen molar-refractivity contribution >= 4 is 0 Å². The Kier molecular flexibility index (Phi) is 58.0. The summed E-state index contributed by atoms with van der Waals surface area (Å²) >= 11 is 0. The van der Waals surface area contributed by atoms with Gasteiger partial charge < -0.3 is 4.90 Å². The maximum Gasteiger partial charge on any atom is 0.00922 e. The standard InChI is InChI=1S/C62H127N/c1-5-8-11-14-17-20-23-26-29-32-35-38-41-44-47-50-53-56-59-62(60-57-54-51-48-45-42-39-36-33-30-27-24-21-18-15-12-9-6-2)63(4)61-58-55-52-49-46-43-40-37-34-31-28-25-22-19-16-13-10-7-3/h62H,5-61H2,1-4H3. The van der Waals surface area contributed by atoms with E-state index in [0.717, 1.165) is 6.04 Å². The first-order chi connectivity index (χ1) is 31.3. The predicted octanol–water partition coefficient (Wildman–Crippen LogP) is 23.2. The van der Waals surface area contributed by atoms with Gasteiger partial charge in [0.1, 0.15) is 0 Å². The highest BCUT2D eigenvalue weighted by molar-refractivity contribution is 4.70. The minimum atomic E-state index is 0.831. The van der Waals surface area contributed by atoms with Crippen LogP contribution >= 0.6 is 0 Å². The average Bonchev–Trinajstić information content (AvgIpc) is 3.29. The topological polar surface area (TPSA) is 3.24 Å². The largest absolute Gasteiger partial charge is 0.303 e. The zero-order valence-corrected chi connectivity index (χ0v) is 45.3. The van der Waals surface area contributed by atoms with Crippen LogP contribution in [0, 0.1) is 0 Å². The Morgan fingerprint density at radius 2 is 0.333 bits per heavy atom. The monoisotopic (exact) mass is 886 g/mol. The lowest BCUT2D eigenvalue weighted by atomic mass is 9.98. The van der Waals surface area contributed by atoms with Crippen molar-refractivity contribution in [1.82, 2.24) is 4.90 Å². The molecular formula is C62H127N. The van der Waals surface area contributed by atoms with Gasteiger partial charge in [-0.25, -0.2) is 0 Å². The first kappa shape index (κ1) is 63.0.